The molecule has 0 radical (unpaired) electrons. The molecular formula is C15H26ClN3O2. The molecule has 1 unspecified atom stereocenters. The van der Waals surface area contributed by atoms with Gasteiger partial charge >= 0.3 is 0 Å². The average molecular weight is 316 g/mol. The second kappa shape index (κ2) is 9.05. The van der Waals surface area contributed by atoms with Crippen molar-refractivity contribution in [1.82, 2.24) is 10.2 Å². The van der Waals surface area contributed by atoms with Gasteiger partial charge in [0, 0.05) is 25.2 Å². The molecule has 0 aromatic rings. The van der Waals surface area contributed by atoms with E-state index in [1.807, 2.05) is 4.90 Å². The highest BCUT2D eigenvalue weighted by molar-refractivity contribution is 5.93. The maximum absolute atomic E-state index is 12.5. The standard InChI is InChI=1S/C15H25N3O2.ClH/c16-10-4-9-14(19)17-13-8-5-11-18(15(13)20)12-6-2-1-3-7-12;/h4,9,12-13H,1-3,5-8,10-11,16H2,(H,17,19);1H/b9-4+;. The highest BCUT2D eigenvalue weighted by atomic mass is 35.5. The van der Waals surface area contributed by atoms with Crippen LogP contribution in [0.3, 0.4) is 0 Å². The molecule has 6 heteroatoms. The lowest BCUT2D eigenvalue weighted by molar-refractivity contribution is -0.141. The van der Waals surface area contributed by atoms with E-state index in [2.05, 4.69) is 5.32 Å². The summed E-state index contributed by atoms with van der Waals surface area (Å²) in [5.74, 6) is -0.128. The van der Waals surface area contributed by atoms with Gasteiger partial charge in [-0.25, -0.2) is 0 Å². The summed E-state index contributed by atoms with van der Waals surface area (Å²) in [5, 5.41) is 2.80. The lowest BCUT2D eigenvalue weighted by atomic mass is 9.91. The topological polar surface area (TPSA) is 75.4 Å². The highest BCUT2D eigenvalue weighted by Crippen LogP contribution is 2.26. The van der Waals surface area contributed by atoms with Gasteiger partial charge in [0.25, 0.3) is 0 Å². The number of carbonyl (C=O) groups excluding carboxylic acids is 2. The summed E-state index contributed by atoms with van der Waals surface area (Å²) in [4.78, 5) is 26.2. The van der Waals surface area contributed by atoms with Gasteiger partial charge in [-0.15, -0.1) is 12.4 Å². The number of hydrogen-bond acceptors (Lipinski definition) is 3. The van der Waals surface area contributed by atoms with Crippen molar-refractivity contribution in [3.63, 3.8) is 0 Å². The molecule has 2 aliphatic rings. The van der Waals surface area contributed by atoms with Gasteiger partial charge in [0.2, 0.25) is 11.8 Å². The van der Waals surface area contributed by atoms with Gasteiger partial charge in [0.15, 0.2) is 0 Å². The molecule has 3 N–H and O–H groups in total. The van der Waals surface area contributed by atoms with Crippen LogP contribution in [0, 0.1) is 0 Å². The third-order valence-corrected chi connectivity index (χ3v) is 4.21. The number of hydrogen-bond donors (Lipinski definition) is 2. The third-order valence-electron chi connectivity index (χ3n) is 4.21. The molecule has 120 valence electrons. The summed E-state index contributed by atoms with van der Waals surface area (Å²) in [6, 6.07) is 0.0242. The summed E-state index contributed by atoms with van der Waals surface area (Å²) in [7, 11) is 0. The zero-order valence-electron chi connectivity index (χ0n) is 12.4. The number of amides is 2. The number of carbonyl (C=O) groups is 2. The molecule has 5 nitrogen and oxygen atoms in total. The van der Waals surface area contributed by atoms with E-state index in [1.165, 1.54) is 25.3 Å². The molecule has 1 saturated heterocycles. The van der Waals surface area contributed by atoms with Crippen molar-refractivity contribution in [2.24, 2.45) is 5.73 Å². The highest BCUT2D eigenvalue weighted by Gasteiger charge is 2.34. The zero-order chi connectivity index (χ0) is 14.4. The minimum absolute atomic E-state index is 0. The monoisotopic (exact) mass is 315 g/mol. The van der Waals surface area contributed by atoms with Crippen LogP contribution in [0.15, 0.2) is 12.2 Å². The van der Waals surface area contributed by atoms with Crippen molar-refractivity contribution in [2.45, 2.75) is 57.0 Å². The smallest absolute Gasteiger partial charge is 0.245 e. The summed E-state index contributed by atoms with van der Waals surface area (Å²) in [6.45, 7) is 1.18. The van der Waals surface area contributed by atoms with E-state index in [1.54, 1.807) is 6.08 Å². The van der Waals surface area contributed by atoms with Crippen LogP contribution >= 0.6 is 12.4 Å². The zero-order valence-corrected chi connectivity index (χ0v) is 13.2. The van der Waals surface area contributed by atoms with Crippen molar-refractivity contribution in [3.05, 3.63) is 12.2 Å². The maximum atomic E-state index is 12.5. The fourth-order valence-electron chi connectivity index (χ4n) is 3.18. The van der Waals surface area contributed by atoms with Gasteiger partial charge < -0.3 is 16.0 Å². The van der Waals surface area contributed by atoms with Crippen molar-refractivity contribution >= 4 is 24.2 Å². The Bertz CT molecular complexity index is 381. The molecule has 0 bridgehead atoms. The van der Waals surface area contributed by atoms with E-state index < -0.39 is 0 Å². The maximum Gasteiger partial charge on any atom is 0.245 e. The first-order chi connectivity index (χ1) is 9.72. The van der Waals surface area contributed by atoms with Gasteiger partial charge in [-0.3, -0.25) is 9.59 Å². The van der Waals surface area contributed by atoms with E-state index >= 15 is 0 Å². The molecule has 1 aliphatic heterocycles. The van der Waals surface area contributed by atoms with Crippen molar-refractivity contribution in [1.29, 1.82) is 0 Å². The Morgan fingerprint density at radius 1 is 1.24 bits per heavy atom. The molecule has 2 fully saturated rings. The average Bonchev–Trinajstić information content (AvgIpc) is 2.48. The lowest BCUT2D eigenvalue weighted by Crippen LogP contribution is -2.55. The van der Waals surface area contributed by atoms with Gasteiger partial charge in [0.05, 0.1) is 0 Å². The number of likely N-dealkylation sites (tertiary alicyclic amines) is 1. The van der Waals surface area contributed by atoms with Crippen LogP contribution in [-0.4, -0.2) is 41.9 Å². The fraction of sp³-hybridized carbons (Fsp3) is 0.733. The lowest BCUT2D eigenvalue weighted by Gasteiger charge is -2.39. The Labute approximate surface area is 132 Å². The Hall–Kier alpha value is -1.07. The van der Waals surface area contributed by atoms with Crippen LogP contribution < -0.4 is 11.1 Å². The van der Waals surface area contributed by atoms with Gasteiger partial charge in [-0.1, -0.05) is 25.3 Å². The summed E-state index contributed by atoms with van der Waals surface area (Å²) < 4.78 is 0. The van der Waals surface area contributed by atoms with E-state index in [9.17, 15) is 9.59 Å². The van der Waals surface area contributed by atoms with Crippen LogP contribution in [0.5, 0.6) is 0 Å². The Balaban J connectivity index is 0.00000220. The molecular weight excluding hydrogens is 290 g/mol. The summed E-state index contributed by atoms with van der Waals surface area (Å²) in [5.41, 5.74) is 5.31. The molecule has 2 rings (SSSR count). The largest absolute Gasteiger partial charge is 0.341 e. The number of piperidine rings is 1. The van der Waals surface area contributed by atoms with E-state index in [0.717, 1.165) is 32.2 Å². The molecule has 0 aromatic carbocycles. The molecule has 1 heterocycles. The van der Waals surface area contributed by atoms with Crippen molar-refractivity contribution in [3.8, 4) is 0 Å². The first-order valence-corrected chi connectivity index (χ1v) is 7.70. The van der Waals surface area contributed by atoms with Crippen LogP contribution in [0.1, 0.15) is 44.9 Å². The fourth-order valence-corrected chi connectivity index (χ4v) is 3.18. The molecule has 21 heavy (non-hydrogen) atoms. The minimum atomic E-state index is -0.361. The molecule has 0 spiro atoms. The minimum Gasteiger partial charge on any atom is -0.341 e. The first kappa shape index (κ1) is 18.0. The second-order valence-corrected chi connectivity index (χ2v) is 5.66. The van der Waals surface area contributed by atoms with E-state index in [0.29, 0.717) is 12.6 Å². The van der Waals surface area contributed by atoms with Gasteiger partial charge in [0.1, 0.15) is 6.04 Å². The molecule has 1 atom stereocenters. The van der Waals surface area contributed by atoms with Crippen LogP contribution in [0.4, 0.5) is 0 Å². The van der Waals surface area contributed by atoms with Gasteiger partial charge in [-0.2, -0.15) is 0 Å². The van der Waals surface area contributed by atoms with Crippen LogP contribution in [0.2, 0.25) is 0 Å². The summed E-state index contributed by atoms with van der Waals surface area (Å²) >= 11 is 0. The quantitative estimate of drug-likeness (QED) is 0.769. The number of nitrogens with two attached hydrogens (primary N) is 1. The van der Waals surface area contributed by atoms with Crippen LogP contribution in [-0.2, 0) is 9.59 Å². The molecule has 1 saturated carbocycles. The van der Waals surface area contributed by atoms with Crippen molar-refractivity contribution in [2.75, 3.05) is 13.1 Å². The van der Waals surface area contributed by atoms with Crippen LogP contribution in [0.25, 0.3) is 0 Å². The first-order valence-electron chi connectivity index (χ1n) is 7.70. The predicted molar refractivity (Wildman–Crippen MR) is 85.2 cm³/mol. The van der Waals surface area contributed by atoms with Gasteiger partial charge in [-0.05, 0) is 25.7 Å². The Morgan fingerprint density at radius 3 is 2.62 bits per heavy atom. The third kappa shape index (κ3) is 5.00. The van der Waals surface area contributed by atoms with Crippen molar-refractivity contribution < 1.29 is 9.59 Å². The molecule has 0 aromatic heterocycles. The Kier molecular flexibility index (Phi) is 7.75. The number of rotatable bonds is 4. The number of halogens is 1. The number of nitrogens with one attached hydrogen (secondary N) is 1. The Morgan fingerprint density at radius 2 is 1.95 bits per heavy atom. The predicted octanol–water partition coefficient (Wildman–Crippen LogP) is 1.36. The second-order valence-electron chi connectivity index (χ2n) is 5.66. The van der Waals surface area contributed by atoms with E-state index in [-0.39, 0.29) is 30.3 Å². The summed E-state index contributed by atoms with van der Waals surface area (Å²) in [6.07, 6.45) is 10.6. The number of nitrogens with zero attached hydrogens (tertiary/aromatic N) is 1. The normalized spacial score (nSPS) is 24.0. The molecule has 2 amide bonds. The SMILES string of the molecule is Cl.NC/C=C/C(=O)NC1CCCN(C2CCCCC2)C1=O. The molecule has 1 aliphatic carbocycles. The van der Waals surface area contributed by atoms with E-state index in [4.69, 9.17) is 5.73 Å².